The van der Waals surface area contributed by atoms with Gasteiger partial charge in [0.1, 0.15) is 5.65 Å². The van der Waals surface area contributed by atoms with Gasteiger partial charge in [0.2, 0.25) is 0 Å². The minimum absolute atomic E-state index is 0.724. The van der Waals surface area contributed by atoms with E-state index in [1.807, 2.05) is 31.4 Å². The summed E-state index contributed by atoms with van der Waals surface area (Å²) in [6.45, 7) is 6.33. The molecule has 1 unspecified atom stereocenters. The number of fused-ring (bicyclic) bond motifs is 1. The molecule has 1 atom stereocenters. The van der Waals surface area contributed by atoms with Gasteiger partial charge >= 0.3 is 0 Å². The Balaban J connectivity index is 1.74. The molecule has 0 radical (unpaired) electrons. The first kappa shape index (κ1) is 18.3. The number of nitrogens with one attached hydrogen (secondary N) is 2. The molecule has 2 heterocycles. The van der Waals surface area contributed by atoms with E-state index in [0.29, 0.717) is 0 Å². The number of imidazole rings is 1. The van der Waals surface area contributed by atoms with Crippen LogP contribution in [0.3, 0.4) is 0 Å². The molecule has 0 spiro atoms. The van der Waals surface area contributed by atoms with E-state index < -0.39 is 0 Å². The highest BCUT2D eigenvalue weighted by molar-refractivity contribution is 5.79. The molecule has 0 saturated heterocycles. The number of aliphatic imine (C=N–C) groups is 1. The van der Waals surface area contributed by atoms with Crippen molar-refractivity contribution in [1.29, 1.82) is 0 Å². The average Bonchev–Trinajstić information content (AvgIpc) is 3.03. The summed E-state index contributed by atoms with van der Waals surface area (Å²) in [5.74, 6) is 1.61. The molecule has 132 valence electrons. The lowest BCUT2D eigenvalue weighted by atomic mass is 9.99. The smallest absolute Gasteiger partial charge is 0.190 e. The van der Waals surface area contributed by atoms with Crippen molar-refractivity contribution in [2.45, 2.75) is 46.0 Å². The Morgan fingerprint density at radius 1 is 1.29 bits per heavy atom. The first-order valence-corrected chi connectivity index (χ1v) is 9.14. The van der Waals surface area contributed by atoms with Crippen molar-refractivity contribution in [1.82, 2.24) is 20.0 Å². The molecular formula is C19H31N5. The van der Waals surface area contributed by atoms with Gasteiger partial charge < -0.3 is 15.0 Å². The van der Waals surface area contributed by atoms with E-state index in [1.54, 1.807) is 0 Å². The highest BCUT2D eigenvalue weighted by atomic mass is 15.2. The zero-order chi connectivity index (χ0) is 17.2. The summed E-state index contributed by atoms with van der Waals surface area (Å²) in [6, 6.07) is 6.06. The molecule has 0 aliphatic carbocycles. The number of unbranched alkanes of at least 4 members (excludes halogenated alkanes) is 1. The van der Waals surface area contributed by atoms with Crippen molar-refractivity contribution in [3.05, 3.63) is 36.3 Å². The second-order valence-corrected chi connectivity index (χ2v) is 6.24. The second-order valence-electron chi connectivity index (χ2n) is 6.24. The molecule has 2 N–H and O–H groups in total. The maximum Gasteiger partial charge on any atom is 0.190 e. The van der Waals surface area contributed by atoms with Crippen LogP contribution in [0.15, 0.2) is 35.6 Å². The molecule has 0 amide bonds. The van der Waals surface area contributed by atoms with E-state index in [0.717, 1.165) is 42.7 Å². The minimum Gasteiger partial charge on any atom is -0.356 e. The Morgan fingerprint density at radius 2 is 2.17 bits per heavy atom. The molecule has 0 fully saturated rings. The van der Waals surface area contributed by atoms with Gasteiger partial charge in [0.15, 0.2) is 5.96 Å². The second kappa shape index (κ2) is 9.96. The molecule has 5 heteroatoms. The van der Waals surface area contributed by atoms with E-state index >= 15 is 0 Å². The van der Waals surface area contributed by atoms with Gasteiger partial charge in [0.05, 0.1) is 5.69 Å². The Hall–Kier alpha value is -2.04. The Labute approximate surface area is 145 Å². The highest BCUT2D eigenvalue weighted by Gasteiger charge is 2.07. The minimum atomic E-state index is 0.724. The van der Waals surface area contributed by atoms with Crippen LogP contribution >= 0.6 is 0 Å². The topological polar surface area (TPSA) is 53.7 Å². The maximum absolute atomic E-state index is 4.62. The predicted molar refractivity (Wildman–Crippen MR) is 102 cm³/mol. The van der Waals surface area contributed by atoms with Crippen LogP contribution in [-0.2, 0) is 6.42 Å². The standard InChI is InChI=1S/C19H31N5/c1-4-6-9-16(5-2)14-22-19(20-3)21-12-11-17-15-24-13-8-7-10-18(24)23-17/h7-8,10,13,15-16H,4-6,9,11-12,14H2,1-3H3,(H2,20,21,22). The van der Waals surface area contributed by atoms with Crippen molar-refractivity contribution in [2.75, 3.05) is 20.1 Å². The van der Waals surface area contributed by atoms with Gasteiger partial charge in [0, 0.05) is 39.0 Å². The quantitative estimate of drug-likeness (QED) is 0.548. The fourth-order valence-corrected chi connectivity index (χ4v) is 2.82. The number of hydrogen-bond acceptors (Lipinski definition) is 2. The van der Waals surface area contributed by atoms with Gasteiger partial charge in [-0.3, -0.25) is 4.99 Å². The Bertz CT molecular complexity index is 598. The van der Waals surface area contributed by atoms with Crippen molar-refractivity contribution in [3.63, 3.8) is 0 Å². The lowest BCUT2D eigenvalue weighted by Gasteiger charge is -2.17. The average molecular weight is 329 g/mol. The Kier molecular flexibility index (Phi) is 7.59. The van der Waals surface area contributed by atoms with Gasteiger partial charge in [-0.25, -0.2) is 4.98 Å². The van der Waals surface area contributed by atoms with Crippen molar-refractivity contribution in [3.8, 4) is 0 Å². The number of pyridine rings is 1. The van der Waals surface area contributed by atoms with Crippen molar-refractivity contribution >= 4 is 11.6 Å². The summed E-state index contributed by atoms with van der Waals surface area (Å²) in [5, 5.41) is 6.84. The number of nitrogens with zero attached hydrogens (tertiary/aromatic N) is 3. The zero-order valence-corrected chi connectivity index (χ0v) is 15.3. The normalized spacial score (nSPS) is 13.2. The maximum atomic E-state index is 4.62. The third-order valence-corrected chi connectivity index (χ3v) is 4.41. The van der Waals surface area contributed by atoms with Crippen LogP contribution in [0.1, 0.15) is 45.2 Å². The third-order valence-electron chi connectivity index (χ3n) is 4.41. The van der Waals surface area contributed by atoms with Gasteiger partial charge in [0.25, 0.3) is 0 Å². The van der Waals surface area contributed by atoms with E-state index in [2.05, 4.69) is 45.1 Å². The summed E-state index contributed by atoms with van der Waals surface area (Å²) in [7, 11) is 1.83. The molecular weight excluding hydrogens is 298 g/mol. The van der Waals surface area contributed by atoms with E-state index in [9.17, 15) is 0 Å². The summed E-state index contributed by atoms with van der Waals surface area (Å²) in [6.07, 6.45) is 10.1. The number of rotatable bonds is 9. The summed E-state index contributed by atoms with van der Waals surface area (Å²) >= 11 is 0. The lowest BCUT2D eigenvalue weighted by Crippen LogP contribution is -2.40. The molecule has 0 saturated carbocycles. The predicted octanol–water partition coefficient (Wildman–Crippen LogP) is 3.26. The van der Waals surface area contributed by atoms with Crippen molar-refractivity contribution in [2.24, 2.45) is 10.9 Å². The number of aromatic nitrogens is 2. The molecule has 0 aromatic carbocycles. The molecule has 2 aromatic rings. The summed E-state index contributed by atoms with van der Waals surface area (Å²) in [4.78, 5) is 8.94. The number of guanidine groups is 1. The van der Waals surface area contributed by atoms with Crippen LogP contribution in [0.25, 0.3) is 5.65 Å². The molecule has 0 aliphatic rings. The molecule has 24 heavy (non-hydrogen) atoms. The molecule has 5 nitrogen and oxygen atoms in total. The van der Waals surface area contributed by atoms with E-state index in [4.69, 9.17) is 0 Å². The van der Waals surface area contributed by atoms with Gasteiger partial charge in [-0.2, -0.15) is 0 Å². The van der Waals surface area contributed by atoms with Gasteiger partial charge in [-0.05, 0) is 24.5 Å². The Morgan fingerprint density at radius 3 is 2.88 bits per heavy atom. The fraction of sp³-hybridized carbons (Fsp3) is 0.579. The van der Waals surface area contributed by atoms with Crippen LogP contribution in [0.5, 0.6) is 0 Å². The van der Waals surface area contributed by atoms with Crippen LogP contribution < -0.4 is 10.6 Å². The van der Waals surface area contributed by atoms with Crippen LogP contribution in [0, 0.1) is 5.92 Å². The monoisotopic (exact) mass is 329 g/mol. The van der Waals surface area contributed by atoms with Gasteiger partial charge in [-0.15, -0.1) is 0 Å². The fourth-order valence-electron chi connectivity index (χ4n) is 2.82. The summed E-state index contributed by atoms with van der Waals surface area (Å²) < 4.78 is 2.06. The van der Waals surface area contributed by atoms with Crippen LogP contribution in [0.2, 0.25) is 0 Å². The summed E-state index contributed by atoms with van der Waals surface area (Å²) in [5.41, 5.74) is 2.09. The van der Waals surface area contributed by atoms with Gasteiger partial charge in [-0.1, -0.05) is 39.2 Å². The highest BCUT2D eigenvalue weighted by Crippen LogP contribution is 2.11. The van der Waals surface area contributed by atoms with Crippen LogP contribution in [-0.4, -0.2) is 35.5 Å². The molecule has 2 rings (SSSR count). The first-order chi connectivity index (χ1) is 11.8. The molecule has 2 aromatic heterocycles. The molecule has 0 bridgehead atoms. The van der Waals surface area contributed by atoms with Crippen molar-refractivity contribution < 1.29 is 0 Å². The largest absolute Gasteiger partial charge is 0.356 e. The third kappa shape index (κ3) is 5.55. The number of hydrogen-bond donors (Lipinski definition) is 2. The SMILES string of the molecule is CCCCC(CC)CNC(=NC)NCCc1cn2ccccc2n1. The zero-order valence-electron chi connectivity index (χ0n) is 15.3. The van der Waals surface area contributed by atoms with E-state index in [-0.39, 0.29) is 0 Å². The van der Waals surface area contributed by atoms with E-state index in [1.165, 1.54) is 25.7 Å². The molecule has 0 aliphatic heterocycles. The lowest BCUT2D eigenvalue weighted by molar-refractivity contribution is 0.444. The first-order valence-electron chi connectivity index (χ1n) is 9.14. The van der Waals surface area contributed by atoms with Crippen LogP contribution in [0.4, 0.5) is 0 Å².